The maximum Gasteiger partial charge on any atom is 0.245 e. The number of likely N-dealkylation sites (tertiary alicyclic amines) is 1. The summed E-state index contributed by atoms with van der Waals surface area (Å²) < 4.78 is 0. The summed E-state index contributed by atoms with van der Waals surface area (Å²) in [5.41, 5.74) is 2.01. The number of benzene rings is 1. The van der Waals surface area contributed by atoms with Crippen molar-refractivity contribution in [1.29, 1.82) is 0 Å². The highest BCUT2D eigenvalue weighted by Gasteiger charge is 2.34. The number of carbonyl (C=O) groups is 3. The van der Waals surface area contributed by atoms with Crippen LogP contribution in [0, 0.1) is 11.8 Å². The van der Waals surface area contributed by atoms with E-state index in [0.717, 1.165) is 24.3 Å². The standard InChI is InChI=1S/C27H36N6O3/c1-18(2)15-24(29-19(3)34)27(36)32-13-10-21(11-14-32)20-6-8-23(9-7-20)30-26(35)22-16-33(17-22)25-5-4-12-28-31-25/h4-9,12,18,21-22,24H,10-11,13-17H2,1-3H3,(H,29,34)(H,30,35)/t24-/m0/s1. The minimum absolute atomic E-state index is 0.0179. The van der Waals surface area contributed by atoms with Gasteiger partial charge in [-0.2, -0.15) is 5.10 Å². The monoisotopic (exact) mass is 492 g/mol. The van der Waals surface area contributed by atoms with Crippen LogP contribution in [-0.4, -0.2) is 65.0 Å². The number of amides is 3. The van der Waals surface area contributed by atoms with Crippen molar-refractivity contribution < 1.29 is 14.4 Å². The van der Waals surface area contributed by atoms with Crippen molar-refractivity contribution in [1.82, 2.24) is 20.4 Å². The lowest BCUT2D eigenvalue weighted by Gasteiger charge is -2.38. The van der Waals surface area contributed by atoms with E-state index in [0.29, 0.717) is 44.4 Å². The molecule has 3 amide bonds. The molecule has 4 rings (SSSR count). The smallest absolute Gasteiger partial charge is 0.245 e. The molecule has 0 bridgehead atoms. The SMILES string of the molecule is CC(=O)N[C@@H](CC(C)C)C(=O)N1CCC(c2ccc(NC(=O)C3CN(c4cccnn4)C3)cc2)CC1. The molecule has 1 aromatic heterocycles. The molecule has 0 saturated carbocycles. The van der Waals surface area contributed by atoms with Crippen LogP contribution in [0.5, 0.6) is 0 Å². The molecule has 3 heterocycles. The van der Waals surface area contributed by atoms with Crippen molar-refractivity contribution in [3.63, 3.8) is 0 Å². The Labute approximate surface area is 212 Å². The molecule has 2 aromatic rings. The van der Waals surface area contributed by atoms with Gasteiger partial charge in [-0.3, -0.25) is 14.4 Å². The van der Waals surface area contributed by atoms with E-state index in [4.69, 9.17) is 0 Å². The molecule has 0 aliphatic carbocycles. The average Bonchev–Trinajstić information content (AvgIpc) is 2.83. The van der Waals surface area contributed by atoms with Gasteiger partial charge in [0.2, 0.25) is 17.7 Å². The predicted octanol–water partition coefficient (Wildman–Crippen LogP) is 2.81. The number of aromatic nitrogens is 2. The van der Waals surface area contributed by atoms with Gasteiger partial charge < -0.3 is 20.4 Å². The number of nitrogens with zero attached hydrogens (tertiary/aromatic N) is 4. The van der Waals surface area contributed by atoms with E-state index in [-0.39, 0.29) is 23.6 Å². The molecule has 192 valence electrons. The third-order valence-corrected chi connectivity index (χ3v) is 6.97. The zero-order chi connectivity index (χ0) is 25.7. The third-order valence-electron chi connectivity index (χ3n) is 6.97. The van der Waals surface area contributed by atoms with E-state index < -0.39 is 6.04 Å². The molecule has 0 spiro atoms. The topological polar surface area (TPSA) is 108 Å². The first-order chi connectivity index (χ1) is 17.3. The fraction of sp³-hybridized carbons (Fsp3) is 0.519. The second-order valence-corrected chi connectivity index (χ2v) is 10.3. The molecule has 2 aliphatic heterocycles. The number of rotatable bonds is 8. The van der Waals surface area contributed by atoms with Gasteiger partial charge in [0, 0.05) is 45.0 Å². The van der Waals surface area contributed by atoms with E-state index in [1.165, 1.54) is 12.5 Å². The summed E-state index contributed by atoms with van der Waals surface area (Å²) in [5, 5.41) is 13.8. The summed E-state index contributed by atoms with van der Waals surface area (Å²) in [4.78, 5) is 41.1. The summed E-state index contributed by atoms with van der Waals surface area (Å²) in [7, 11) is 0. The number of nitrogens with one attached hydrogen (secondary N) is 2. The van der Waals surface area contributed by atoms with Crippen LogP contribution in [0.4, 0.5) is 11.5 Å². The molecule has 1 aromatic carbocycles. The number of anilines is 2. The highest BCUT2D eigenvalue weighted by Crippen LogP contribution is 2.30. The molecular weight excluding hydrogens is 456 g/mol. The Bertz CT molecular complexity index is 1040. The van der Waals surface area contributed by atoms with Gasteiger partial charge in [0.25, 0.3) is 0 Å². The Balaban J connectivity index is 1.24. The van der Waals surface area contributed by atoms with Crippen LogP contribution in [0.1, 0.15) is 51.5 Å². The number of hydrogen-bond acceptors (Lipinski definition) is 6. The van der Waals surface area contributed by atoms with Crippen molar-refractivity contribution in [2.45, 2.75) is 52.0 Å². The van der Waals surface area contributed by atoms with Crippen molar-refractivity contribution in [3.8, 4) is 0 Å². The lowest BCUT2D eigenvalue weighted by molar-refractivity contribution is -0.137. The number of hydrogen-bond donors (Lipinski definition) is 2. The summed E-state index contributed by atoms with van der Waals surface area (Å²) in [6.45, 7) is 8.21. The fourth-order valence-corrected chi connectivity index (χ4v) is 4.97. The first-order valence-corrected chi connectivity index (χ1v) is 12.8. The summed E-state index contributed by atoms with van der Waals surface area (Å²) in [6.07, 6.45) is 4.04. The molecule has 0 unspecified atom stereocenters. The predicted molar refractivity (Wildman–Crippen MR) is 138 cm³/mol. The number of piperidine rings is 1. The Morgan fingerprint density at radius 2 is 1.75 bits per heavy atom. The molecule has 2 saturated heterocycles. The van der Waals surface area contributed by atoms with Gasteiger partial charge in [0.05, 0.1) is 5.92 Å². The van der Waals surface area contributed by atoms with Crippen LogP contribution < -0.4 is 15.5 Å². The Kier molecular flexibility index (Phi) is 8.18. The fourth-order valence-electron chi connectivity index (χ4n) is 4.97. The lowest BCUT2D eigenvalue weighted by Crippen LogP contribution is -2.52. The van der Waals surface area contributed by atoms with Gasteiger partial charge in [-0.05, 0) is 60.9 Å². The normalized spacial score (nSPS) is 17.4. The van der Waals surface area contributed by atoms with Crippen LogP contribution >= 0.6 is 0 Å². The van der Waals surface area contributed by atoms with Crippen molar-refractivity contribution in [2.75, 3.05) is 36.4 Å². The first-order valence-electron chi connectivity index (χ1n) is 12.8. The molecule has 9 heteroatoms. The van der Waals surface area contributed by atoms with Gasteiger partial charge >= 0.3 is 0 Å². The molecule has 2 N–H and O–H groups in total. The molecule has 2 aliphatic rings. The van der Waals surface area contributed by atoms with Crippen molar-refractivity contribution >= 4 is 29.2 Å². The largest absolute Gasteiger partial charge is 0.353 e. The quantitative estimate of drug-likeness (QED) is 0.587. The first kappa shape index (κ1) is 25.6. The molecule has 0 radical (unpaired) electrons. The maximum absolute atomic E-state index is 13.0. The zero-order valence-electron chi connectivity index (χ0n) is 21.3. The van der Waals surface area contributed by atoms with E-state index in [1.54, 1.807) is 6.20 Å². The highest BCUT2D eigenvalue weighted by molar-refractivity contribution is 5.94. The van der Waals surface area contributed by atoms with Crippen LogP contribution in [-0.2, 0) is 14.4 Å². The van der Waals surface area contributed by atoms with Crippen LogP contribution in [0.3, 0.4) is 0 Å². The van der Waals surface area contributed by atoms with Crippen LogP contribution in [0.25, 0.3) is 0 Å². The van der Waals surface area contributed by atoms with Gasteiger partial charge in [-0.1, -0.05) is 26.0 Å². The summed E-state index contributed by atoms with van der Waals surface area (Å²) in [6, 6.07) is 11.3. The molecule has 36 heavy (non-hydrogen) atoms. The summed E-state index contributed by atoms with van der Waals surface area (Å²) in [5.74, 6) is 1.29. The summed E-state index contributed by atoms with van der Waals surface area (Å²) >= 11 is 0. The van der Waals surface area contributed by atoms with Gasteiger partial charge in [-0.15, -0.1) is 5.10 Å². The van der Waals surface area contributed by atoms with Crippen LogP contribution in [0.15, 0.2) is 42.6 Å². The zero-order valence-corrected chi connectivity index (χ0v) is 21.3. The second kappa shape index (κ2) is 11.5. The minimum atomic E-state index is -0.453. The van der Waals surface area contributed by atoms with Gasteiger partial charge in [0.1, 0.15) is 6.04 Å². The Morgan fingerprint density at radius 1 is 1.06 bits per heavy atom. The van der Waals surface area contributed by atoms with Crippen molar-refractivity contribution in [3.05, 3.63) is 48.2 Å². The van der Waals surface area contributed by atoms with Crippen LogP contribution in [0.2, 0.25) is 0 Å². The van der Waals surface area contributed by atoms with E-state index in [2.05, 4.69) is 46.8 Å². The molecule has 2 fully saturated rings. The highest BCUT2D eigenvalue weighted by atomic mass is 16.2. The Hall–Kier alpha value is -3.49. The average molecular weight is 493 g/mol. The third kappa shape index (κ3) is 6.38. The van der Waals surface area contributed by atoms with Gasteiger partial charge in [-0.25, -0.2) is 0 Å². The van der Waals surface area contributed by atoms with E-state index in [9.17, 15) is 14.4 Å². The molecular formula is C27H36N6O3. The Morgan fingerprint density at radius 3 is 2.33 bits per heavy atom. The van der Waals surface area contributed by atoms with Gasteiger partial charge in [0.15, 0.2) is 5.82 Å². The maximum atomic E-state index is 13.0. The molecule has 9 nitrogen and oxygen atoms in total. The minimum Gasteiger partial charge on any atom is -0.353 e. The van der Waals surface area contributed by atoms with Crippen molar-refractivity contribution in [2.24, 2.45) is 11.8 Å². The van der Waals surface area contributed by atoms with E-state index in [1.807, 2.05) is 34.1 Å². The van der Waals surface area contributed by atoms with E-state index >= 15 is 0 Å². The lowest BCUT2D eigenvalue weighted by atomic mass is 9.89. The number of carbonyl (C=O) groups excluding carboxylic acids is 3. The second-order valence-electron chi connectivity index (χ2n) is 10.3. The molecule has 1 atom stereocenters.